The highest BCUT2D eigenvalue weighted by Crippen LogP contribution is 2.26. The summed E-state index contributed by atoms with van der Waals surface area (Å²) < 4.78 is 20.4. The number of hydrogen-bond acceptors (Lipinski definition) is 6. The largest absolute Gasteiger partial charge is 0.497 e. The van der Waals surface area contributed by atoms with Crippen LogP contribution in [0, 0.1) is 11.7 Å². The predicted octanol–water partition coefficient (Wildman–Crippen LogP) is 4.96. The Kier molecular flexibility index (Phi) is 9.11. The highest BCUT2D eigenvalue weighted by atomic mass is 35.5. The number of nitrogens with zero attached hydrogens (tertiary/aromatic N) is 3. The van der Waals surface area contributed by atoms with E-state index in [4.69, 9.17) is 16.3 Å². The average molecular weight is 520 g/mol. The summed E-state index contributed by atoms with van der Waals surface area (Å²) in [5, 5.41) is 14.8. The fourth-order valence-electron chi connectivity index (χ4n) is 3.33. The van der Waals surface area contributed by atoms with Crippen LogP contribution >= 0.6 is 23.4 Å². The number of carbonyl (C=O) groups excluding carboxylic acids is 2. The smallest absolute Gasteiger partial charge is 0.251 e. The SMILES string of the molecule is CCn1c(SCC(=O)Nc2ccc(F)c(Cl)c2)nnc1[C@@H](NC(=O)c1ccc(OC)cc1)C(C)C. The van der Waals surface area contributed by atoms with Crippen molar-refractivity contribution in [2.24, 2.45) is 5.92 Å². The molecule has 186 valence electrons. The molecule has 1 atom stereocenters. The number of amides is 2. The number of halogens is 2. The molecule has 1 aromatic heterocycles. The summed E-state index contributed by atoms with van der Waals surface area (Å²) in [6, 6.07) is 10.5. The van der Waals surface area contributed by atoms with Crippen LogP contribution < -0.4 is 15.4 Å². The van der Waals surface area contributed by atoms with Crippen LogP contribution in [0.5, 0.6) is 5.75 Å². The zero-order valence-corrected chi connectivity index (χ0v) is 21.4. The lowest BCUT2D eigenvalue weighted by Crippen LogP contribution is -2.33. The van der Waals surface area contributed by atoms with Crippen LogP contribution in [0.4, 0.5) is 10.1 Å². The second-order valence-electron chi connectivity index (χ2n) is 7.97. The van der Waals surface area contributed by atoms with E-state index in [0.29, 0.717) is 34.5 Å². The lowest BCUT2D eigenvalue weighted by molar-refractivity contribution is -0.113. The number of thioether (sulfide) groups is 1. The number of carbonyl (C=O) groups is 2. The number of benzene rings is 2. The van der Waals surface area contributed by atoms with E-state index in [1.165, 1.54) is 30.0 Å². The van der Waals surface area contributed by atoms with Crippen molar-refractivity contribution in [3.63, 3.8) is 0 Å². The van der Waals surface area contributed by atoms with Crippen LogP contribution in [-0.4, -0.2) is 39.4 Å². The molecule has 8 nitrogen and oxygen atoms in total. The van der Waals surface area contributed by atoms with Crippen molar-refractivity contribution >= 4 is 40.9 Å². The van der Waals surface area contributed by atoms with Crippen LogP contribution in [0.3, 0.4) is 0 Å². The summed E-state index contributed by atoms with van der Waals surface area (Å²) in [7, 11) is 1.57. The predicted molar refractivity (Wildman–Crippen MR) is 134 cm³/mol. The van der Waals surface area contributed by atoms with Gasteiger partial charge in [0.1, 0.15) is 11.6 Å². The number of aromatic nitrogens is 3. The van der Waals surface area contributed by atoms with Gasteiger partial charge in [-0.1, -0.05) is 37.2 Å². The van der Waals surface area contributed by atoms with Crippen molar-refractivity contribution in [2.75, 3.05) is 18.2 Å². The van der Waals surface area contributed by atoms with Crippen molar-refractivity contribution in [2.45, 2.75) is 38.5 Å². The summed E-state index contributed by atoms with van der Waals surface area (Å²) in [4.78, 5) is 25.3. The Balaban J connectivity index is 1.70. The van der Waals surface area contributed by atoms with Gasteiger partial charge in [0.25, 0.3) is 5.91 Å². The number of rotatable bonds is 10. The zero-order chi connectivity index (χ0) is 25.5. The molecule has 0 saturated carbocycles. The van der Waals surface area contributed by atoms with Gasteiger partial charge in [0.15, 0.2) is 11.0 Å². The molecule has 0 aliphatic heterocycles. The molecular weight excluding hydrogens is 493 g/mol. The van der Waals surface area contributed by atoms with E-state index in [9.17, 15) is 14.0 Å². The fraction of sp³-hybridized carbons (Fsp3) is 0.333. The summed E-state index contributed by atoms with van der Waals surface area (Å²) >= 11 is 6.99. The molecular formula is C24H27ClFN5O3S. The van der Waals surface area contributed by atoms with Gasteiger partial charge in [-0.05, 0) is 55.3 Å². The molecule has 1 heterocycles. The van der Waals surface area contributed by atoms with Gasteiger partial charge in [-0.15, -0.1) is 10.2 Å². The average Bonchev–Trinajstić information content (AvgIpc) is 3.25. The Morgan fingerprint density at radius 1 is 1.17 bits per heavy atom. The minimum atomic E-state index is -0.554. The van der Waals surface area contributed by atoms with Crippen LogP contribution in [-0.2, 0) is 11.3 Å². The first-order chi connectivity index (χ1) is 16.7. The van der Waals surface area contributed by atoms with E-state index in [-0.39, 0.29) is 34.5 Å². The summed E-state index contributed by atoms with van der Waals surface area (Å²) in [5.74, 6) is 0.301. The van der Waals surface area contributed by atoms with E-state index >= 15 is 0 Å². The first kappa shape index (κ1) is 26.5. The van der Waals surface area contributed by atoms with Crippen LogP contribution in [0.2, 0.25) is 5.02 Å². The highest BCUT2D eigenvalue weighted by Gasteiger charge is 2.26. The van der Waals surface area contributed by atoms with Crippen molar-refractivity contribution in [1.29, 1.82) is 0 Å². The molecule has 0 spiro atoms. The number of hydrogen-bond donors (Lipinski definition) is 2. The quantitative estimate of drug-likeness (QED) is 0.367. The van der Waals surface area contributed by atoms with E-state index in [1.807, 2.05) is 25.3 Å². The molecule has 0 aliphatic carbocycles. The molecule has 3 aromatic rings. The normalized spacial score (nSPS) is 11.9. The van der Waals surface area contributed by atoms with Crippen LogP contribution in [0.1, 0.15) is 43.0 Å². The van der Waals surface area contributed by atoms with Crippen LogP contribution in [0.25, 0.3) is 0 Å². The van der Waals surface area contributed by atoms with Crippen molar-refractivity contribution in [3.05, 3.63) is 64.7 Å². The molecule has 2 aromatic carbocycles. The zero-order valence-electron chi connectivity index (χ0n) is 19.8. The molecule has 0 aliphatic rings. The molecule has 0 bridgehead atoms. The van der Waals surface area contributed by atoms with Gasteiger partial charge in [0, 0.05) is 17.8 Å². The van der Waals surface area contributed by atoms with Gasteiger partial charge >= 0.3 is 0 Å². The molecule has 0 fully saturated rings. The highest BCUT2D eigenvalue weighted by molar-refractivity contribution is 7.99. The second-order valence-corrected chi connectivity index (χ2v) is 9.32. The Morgan fingerprint density at radius 2 is 1.89 bits per heavy atom. The third kappa shape index (κ3) is 6.73. The minimum absolute atomic E-state index is 0.0380. The number of methoxy groups -OCH3 is 1. The maximum absolute atomic E-state index is 13.3. The van der Waals surface area contributed by atoms with Crippen LogP contribution in [0.15, 0.2) is 47.6 Å². The van der Waals surface area contributed by atoms with Crippen molar-refractivity contribution in [1.82, 2.24) is 20.1 Å². The maximum Gasteiger partial charge on any atom is 0.251 e. The Labute approximate surface area is 212 Å². The van der Waals surface area contributed by atoms with E-state index in [0.717, 1.165) is 0 Å². The molecule has 2 amide bonds. The molecule has 0 radical (unpaired) electrons. The summed E-state index contributed by atoms with van der Waals surface area (Å²) in [6.45, 7) is 6.48. The third-order valence-electron chi connectivity index (χ3n) is 5.18. The van der Waals surface area contributed by atoms with Gasteiger partial charge in [-0.2, -0.15) is 0 Å². The second kappa shape index (κ2) is 12.0. The number of ether oxygens (including phenoxy) is 1. The molecule has 3 rings (SSSR count). The summed E-state index contributed by atoms with van der Waals surface area (Å²) in [5.41, 5.74) is 0.909. The molecule has 2 N–H and O–H groups in total. The molecule has 0 unspecified atom stereocenters. The lowest BCUT2D eigenvalue weighted by atomic mass is 10.0. The van der Waals surface area contributed by atoms with Gasteiger partial charge in [-0.25, -0.2) is 4.39 Å². The maximum atomic E-state index is 13.3. The fourth-order valence-corrected chi connectivity index (χ4v) is 4.32. The molecule has 35 heavy (non-hydrogen) atoms. The first-order valence-corrected chi connectivity index (χ1v) is 12.4. The standard InChI is InChI=1S/C24H27ClFN5O3S/c1-5-31-22(21(14(2)3)28-23(33)15-6-9-17(34-4)10-7-15)29-30-24(31)35-13-20(32)27-16-8-11-19(26)18(25)12-16/h6-12,14,21H,5,13H2,1-4H3,(H,27,32)(H,28,33)/t21-/m0/s1. The third-order valence-corrected chi connectivity index (χ3v) is 6.44. The van der Waals surface area contributed by atoms with E-state index in [1.54, 1.807) is 31.4 Å². The van der Waals surface area contributed by atoms with Gasteiger partial charge in [-0.3, -0.25) is 9.59 Å². The van der Waals surface area contributed by atoms with E-state index < -0.39 is 5.82 Å². The Hall–Kier alpha value is -3.11. The first-order valence-electron chi connectivity index (χ1n) is 11.0. The minimum Gasteiger partial charge on any atom is -0.497 e. The monoisotopic (exact) mass is 519 g/mol. The number of nitrogens with one attached hydrogen (secondary N) is 2. The number of anilines is 1. The molecule has 0 saturated heterocycles. The van der Waals surface area contributed by atoms with Gasteiger partial charge < -0.3 is 19.9 Å². The Morgan fingerprint density at radius 3 is 2.49 bits per heavy atom. The van der Waals surface area contributed by atoms with E-state index in [2.05, 4.69) is 20.8 Å². The van der Waals surface area contributed by atoms with Crippen molar-refractivity contribution < 1.29 is 18.7 Å². The molecule has 11 heteroatoms. The topological polar surface area (TPSA) is 98.1 Å². The van der Waals surface area contributed by atoms with Gasteiger partial charge in [0.2, 0.25) is 5.91 Å². The van der Waals surface area contributed by atoms with Crippen molar-refractivity contribution in [3.8, 4) is 5.75 Å². The lowest BCUT2D eigenvalue weighted by Gasteiger charge is -2.22. The Bertz CT molecular complexity index is 1190. The van der Waals surface area contributed by atoms with Gasteiger partial charge in [0.05, 0.1) is 23.9 Å². The summed E-state index contributed by atoms with van der Waals surface area (Å²) in [6.07, 6.45) is 0.